The molecule has 112 valence electrons. The summed E-state index contributed by atoms with van der Waals surface area (Å²) >= 11 is 0. The van der Waals surface area contributed by atoms with E-state index in [1.54, 1.807) is 0 Å². The third-order valence-electron chi connectivity index (χ3n) is 4.50. The third kappa shape index (κ3) is 5.16. The smallest absolute Gasteiger partial charge is 0.119 e. The molecule has 1 saturated carbocycles. The molecule has 2 rings (SSSR count). The van der Waals surface area contributed by atoms with Crippen LogP contribution in [0.2, 0.25) is 0 Å². The van der Waals surface area contributed by atoms with Crippen molar-refractivity contribution >= 4 is 0 Å². The lowest BCUT2D eigenvalue weighted by Crippen LogP contribution is -2.32. The highest BCUT2D eigenvalue weighted by Gasteiger charge is 2.20. The molecule has 0 bridgehead atoms. The molecule has 1 aliphatic rings. The molecule has 2 heteroatoms. The summed E-state index contributed by atoms with van der Waals surface area (Å²) in [7, 11) is 0. The number of benzene rings is 1. The Balaban J connectivity index is 1.62. The Bertz CT molecular complexity index is 363. The minimum Gasteiger partial charge on any atom is -0.492 e. The van der Waals surface area contributed by atoms with Crippen molar-refractivity contribution in [1.82, 2.24) is 5.32 Å². The number of ether oxygens (including phenoxy) is 1. The minimum atomic E-state index is 0.693. The van der Waals surface area contributed by atoms with Crippen molar-refractivity contribution in [1.29, 1.82) is 0 Å². The molecule has 1 aromatic rings. The first-order valence-electron chi connectivity index (χ1n) is 8.17. The molecule has 0 heterocycles. The van der Waals surface area contributed by atoms with E-state index in [1.807, 2.05) is 30.3 Å². The van der Waals surface area contributed by atoms with Gasteiger partial charge in [-0.25, -0.2) is 0 Å². The lowest BCUT2D eigenvalue weighted by molar-refractivity contribution is 0.297. The predicted molar refractivity (Wildman–Crippen MR) is 85.1 cm³/mol. The molecule has 0 aromatic heterocycles. The summed E-state index contributed by atoms with van der Waals surface area (Å²) in [5.74, 6) is 2.74. The Morgan fingerprint density at radius 2 is 1.90 bits per heavy atom. The van der Waals surface area contributed by atoms with Crippen LogP contribution in [0.5, 0.6) is 5.75 Å². The van der Waals surface area contributed by atoms with Crippen molar-refractivity contribution in [3.05, 3.63) is 30.3 Å². The Morgan fingerprint density at radius 1 is 1.10 bits per heavy atom. The van der Waals surface area contributed by atoms with Crippen LogP contribution in [0.15, 0.2) is 30.3 Å². The van der Waals surface area contributed by atoms with Crippen molar-refractivity contribution in [2.75, 3.05) is 13.2 Å². The Kier molecular flexibility index (Phi) is 6.38. The fraction of sp³-hybridized carbons (Fsp3) is 0.667. The van der Waals surface area contributed by atoms with Crippen molar-refractivity contribution in [2.45, 2.75) is 52.0 Å². The van der Waals surface area contributed by atoms with Crippen molar-refractivity contribution in [3.8, 4) is 5.75 Å². The van der Waals surface area contributed by atoms with E-state index in [0.29, 0.717) is 6.04 Å². The second-order valence-electron chi connectivity index (χ2n) is 6.32. The normalized spacial score (nSPS) is 23.6. The van der Waals surface area contributed by atoms with Crippen LogP contribution in [-0.4, -0.2) is 19.2 Å². The van der Waals surface area contributed by atoms with Gasteiger partial charge in [-0.1, -0.05) is 44.9 Å². The molecule has 0 radical (unpaired) electrons. The van der Waals surface area contributed by atoms with E-state index < -0.39 is 0 Å². The molecule has 1 N–H and O–H groups in total. The molecule has 2 nitrogen and oxygen atoms in total. The lowest BCUT2D eigenvalue weighted by atomic mass is 9.89. The minimum absolute atomic E-state index is 0.693. The third-order valence-corrected chi connectivity index (χ3v) is 4.50. The topological polar surface area (TPSA) is 21.3 Å². The van der Waals surface area contributed by atoms with Crippen LogP contribution in [0.3, 0.4) is 0 Å². The SMILES string of the molecule is CC(C)C1CCCC(NCCOc2ccccc2)CC1. The van der Waals surface area contributed by atoms with E-state index >= 15 is 0 Å². The van der Waals surface area contributed by atoms with Crippen molar-refractivity contribution in [2.24, 2.45) is 11.8 Å². The average Bonchev–Trinajstić information content (AvgIpc) is 2.70. The van der Waals surface area contributed by atoms with Crippen LogP contribution in [0.25, 0.3) is 0 Å². The zero-order valence-electron chi connectivity index (χ0n) is 13.0. The largest absolute Gasteiger partial charge is 0.492 e. The monoisotopic (exact) mass is 275 g/mol. The van der Waals surface area contributed by atoms with Gasteiger partial charge in [-0.3, -0.25) is 0 Å². The van der Waals surface area contributed by atoms with Crippen LogP contribution in [0.4, 0.5) is 0 Å². The predicted octanol–water partition coefficient (Wildman–Crippen LogP) is 4.26. The fourth-order valence-electron chi connectivity index (χ4n) is 3.15. The summed E-state index contributed by atoms with van der Waals surface area (Å²) in [5.41, 5.74) is 0. The molecular weight excluding hydrogens is 246 g/mol. The number of para-hydroxylation sites is 1. The summed E-state index contributed by atoms with van der Waals surface area (Å²) in [6.45, 7) is 6.44. The molecule has 0 spiro atoms. The Hall–Kier alpha value is -1.02. The highest BCUT2D eigenvalue weighted by atomic mass is 16.5. The Labute approximate surface area is 123 Å². The van der Waals surface area contributed by atoms with Gasteiger partial charge in [0, 0.05) is 12.6 Å². The molecule has 2 unspecified atom stereocenters. The molecule has 1 aliphatic carbocycles. The van der Waals surface area contributed by atoms with Crippen molar-refractivity contribution in [3.63, 3.8) is 0 Å². The van der Waals surface area contributed by atoms with Gasteiger partial charge in [-0.2, -0.15) is 0 Å². The maximum absolute atomic E-state index is 5.73. The fourth-order valence-corrected chi connectivity index (χ4v) is 3.15. The van der Waals surface area contributed by atoms with Gasteiger partial charge >= 0.3 is 0 Å². The zero-order chi connectivity index (χ0) is 14.2. The first kappa shape index (κ1) is 15.4. The van der Waals surface area contributed by atoms with E-state index in [2.05, 4.69) is 19.2 Å². The first-order valence-corrected chi connectivity index (χ1v) is 8.17. The summed E-state index contributed by atoms with van der Waals surface area (Å²) in [4.78, 5) is 0. The summed E-state index contributed by atoms with van der Waals surface area (Å²) in [6, 6.07) is 10.8. The van der Waals surface area contributed by atoms with Gasteiger partial charge in [-0.15, -0.1) is 0 Å². The molecule has 2 atom stereocenters. The highest BCUT2D eigenvalue weighted by molar-refractivity contribution is 5.20. The number of hydrogen-bond donors (Lipinski definition) is 1. The number of rotatable bonds is 6. The van der Waals surface area contributed by atoms with Crippen LogP contribution in [0.1, 0.15) is 46.0 Å². The van der Waals surface area contributed by atoms with E-state index in [0.717, 1.165) is 30.7 Å². The molecule has 1 fully saturated rings. The van der Waals surface area contributed by atoms with Gasteiger partial charge in [0.2, 0.25) is 0 Å². The summed E-state index contributed by atoms with van der Waals surface area (Å²) in [6.07, 6.45) is 6.83. The number of hydrogen-bond acceptors (Lipinski definition) is 2. The average molecular weight is 275 g/mol. The molecule has 1 aromatic carbocycles. The van der Waals surface area contributed by atoms with E-state index in [9.17, 15) is 0 Å². The Morgan fingerprint density at radius 3 is 2.65 bits per heavy atom. The summed E-state index contributed by atoms with van der Waals surface area (Å²) in [5, 5.41) is 3.67. The first-order chi connectivity index (χ1) is 9.75. The maximum atomic E-state index is 5.73. The molecule has 0 amide bonds. The summed E-state index contributed by atoms with van der Waals surface area (Å²) < 4.78 is 5.73. The molecule has 0 aliphatic heterocycles. The molecular formula is C18H29NO. The van der Waals surface area contributed by atoms with E-state index in [-0.39, 0.29) is 0 Å². The zero-order valence-corrected chi connectivity index (χ0v) is 13.0. The van der Waals surface area contributed by atoms with Gasteiger partial charge < -0.3 is 10.1 Å². The van der Waals surface area contributed by atoms with Crippen LogP contribution in [0, 0.1) is 11.8 Å². The second kappa shape index (κ2) is 8.31. The maximum Gasteiger partial charge on any atom is 0.119 e. The van der Waals surface area contributed by atoms with Crippen LogP contribution < -0.4 is 10.1 Å². The van der Waals surface area contributed by atoms with Crippen LogP contribution in [-0.2, 0) is 0 Å². The number of nitrogens with one attached hydrogen (secondary N) is 1. The highest BCUT2D eigenvalue weighted by Crippen LogP contribution is 2.28. The standard InChI is InChI=1S/C18H29NO/c1-15(2)16-7-6-8-17(12-11-16)19-13-14-20-18-9-4-3-5-10-18/h3-5,9-10,15-17,19H,6-8,11-14H2,1-2H3. The van der Waals surface area contributed by atoms with Gasteiger partial charge in [0.05, 0.1) is 0 Å². The van der Waals surface area contributed by atoms with Gasteiger partial charge in [0.15, 0.2) is 0 Å². The molecule has 0 saturated heterocycles. The lowest BCUT2D eigenvalue weighted by Gasteiger charge is -2.19. The van der Waals surface area contributed by atoms with Gasteiger partial charge in [0.25, 0.3) is 0 Å². The van der Waals surface area contributed by atoms with Gasteiger partial charge in [0.1, 0.15) is 12.4 Å². The van der Waals surface area contributed by atoms with Crippen molar-refractivity contribution < 1.29 is 4.74 Å². The quantitative estimate of drug-likeness (QED) is 0.618. The van der Waals surface area contributed by atoms with Crippen LogP contribution >= 0.6 is 0 Å². The molecule has 20 heavy (non-hydrogen) atoms. The second-order valence-corrected chi connectivity index (χ2v) is 6.32. The van der Waals surface area contributed by atoms with E-state index in [1.165, 1.54) is 32.1 Å². The van der Waals surface area contributed by atoms with E-state index in [4.69, 9.17) is 4.74 Å². The van der Waals surface area contributed by atoms with Gasteiger partial charge in [-0.05, 0) is 43.2 Å².